The molecule has 0 amide bonds. The maximum atomic E-state index is 7.75. The zero-order valence-corrected chi connectivity index (χ0v) is 12.2. The van der Waals surface area contributed by atoms with E-state index in [0.717, 1.165) is 0 Å². The second kappa shape index (κ2) is 21.3. The monoisotopic (exact) mass is 332 g/mol. The Labute approximate surface area is 129 Å². The topological polar surface area (TPSA) is 34.1 Å². The maximum absolute atomic E-state index is 7.75. The van der Waals surface area contributed by atoms with Crippen LogP contribution >= 0.6 is 0 Å². The summed E-state index contributed by atoms with van der Waals surface area (Å²) in [6, 6.07) is 16.5. The van der Waals surface area contributed by atoms with Crippen LogP contribution in [-0.2, 0) is 42.6 Å². The number of aryl methyl sites for hydroxylation is 2. The molecular weight excluding hydrogens is 318 g/mol. The van der Waals surface area contributed by atoms with Gasteiger partial charge in [-0.05, 0) is 0 Å². The molecular formula is C14H16Ni2O2-4. The van der Waals surface area contributed by atoms with Crippen LogP contribution in [0.15, 0.2) is 48.5 Å². The summed E-state index contributed by atoms with van der Waals surface area (Å²) in [5.74, 6) is 0. The summed E-state index contributed by atoms with van der Waals surface area (Å²) in [5.41, 5.74) is 2.69. The normalized spacial score (nSPS) is 6.33. The molecule has 0 radical (unpaired) electrons. The van der Waals surface area contributed by atoms with Gasteiger partial charge in [0, 0.05) is 33.0 Å². The van der Waals surface area contributed by atoms with Gasteiger partial charge >= 0.3 is 0 Å². The van der Waals surface area contributed by atoms with Gasteiger partial charge in [-0.1, -0.05) is 13.8 Å². The van der Waals surface area contributed by atoms with Gasteiger partial charge in [-0.3, -0.25) is 13.6 Å². The fraction of sp³-hybridized carbons (Fsp3) is 0.143. The van der Waals surface area contributed by atoms with E-state index < -0.39 is 0 Å². The first kappa shape index (κ1) is 25.8. The van der Waals surface area contributed by atoms with Gasteiger partial charge in [-0.2, -0.15) is 35.4 Å². The summed E-state index contributed by atoms with van der Waals surface area (Å²) in [7, 11) is 0. The molecule has 108 valence electrons. The maximum Gasteiger partial charge on any atom is 0 e. The summed E-state index contributed by atoms with van der Waals surface area (Å²) in [4.78, 5) is 15.5. The van der Waals surface area contributed by atoms with Crippen LogP contribution < -0.4 is 0 Å². The molecule has 0 aromatic heterocycles. The van der Waals surface area contributed by atoms with Gasteiger partial charge in [0.15, 0.2) is 0 Å². The molecule has 0 atom stereocenters. The molecule has 0 aliphatic heterocycles. The largest absolute Gasteiger partial charge is 0.545 e. The van der Waals surface area contributed by atoms with Crippen molar-refractivity contribution in [3.05, 3.63) is 59.7 Å². The number of rotatable bonds is 0. The van der Waals surface area contributed by atoms with Crippen molar-refractivity contribution in [3.63, 3.8) is 0 Å². The van der Waals surface area contributed by atoms with Crippen molar-refractivity contribution in [2.45, 2.75) is 13.8 Å². The van der Waals surface area contributed by atoms with E-state index >= 15 is 0 Å². The Morgan fingerprint density at radius 1 is 0.611 bits per heavy atom. The van der Waals surface area contributed by atoms with Gasteiger partial charge < -0.3 is 9.59 Å². The Bertz CT molecular complexity index is 281. The van der Waals surface area contributed by atoms with E-state index in [1.807, 2.05) is 24.3 Å². The minimum Gasteiger partial charge on any atom is -0.545 e. The zero-order chi connectivity index (χ0) is 12.8. The van der Waals surface area contributed by atoms with Gasteiger partial charge in [0.25, 0.3) is 0 Å². The number of hydrogen-bond donors (Lipinski definition) is 0. The van der Waals surface area contributed by atoms with Crippen LogP contribution in [0, 0.1) is 13.8 Å². The molecule has 0 N–H and O–H groups in total. The molecule has 0 fully saturated rings. The van der Waals surface area contributed by atoms with Crippen molar-refractivity contribution in [1.29, 1.82) is 0 Å². The molecule has 2 aromatic carbocycles. The summed E-state index contributed by atoms with van der Waals surface area (Å²) in [6.45, 7) is 10.7. The summed E-state index contributed by atoms with van der Waals surface area (Å²) >= 11 is 0. The Morgan fingerprint density at radius 3 is 0.833 bits per heavy atom. The average molecular weight is 334 g/mol. The van der Waals surface area contributed by atoms with Gasteiger partial charge in [-0.15, -0.1) is 0 Å². The molecule has 4 heteroatoms. The number of carbonyl (C=O) groups excluding carboxylic acids is 2. The molecule has 2 nitrogen and oxygen atoms in total. The minimum atomic E-state index is 0. The van der Waals surface area contributed by atoms with E-state index in [9.17, 15) is 0 Å². The molecule has 18 heavy (non-hydrogen) atoms. The molecule has 2 aromatic rings. The molecule has 0 aliphatic rings. The molecule has 0 saturated heterocycles. The van der Waals surface area contributed by atoms with E-state index in [-0.39, 0.29) is 33.0 Å². The van der Waals surface area contributed by atoms with Crippen LogP contribution in [0.3, 0.4) is 0 Å². The second-order valence-corrected chi connectivity index (χ2v) is 2.92. The van der Waals surface area contributed by atoms with E-state index in [2.05, 4.69) is 51.7 Å². The fourth-order valence-corrected chi connectivity index (χ4v) is 0.940. The van der Waals surface area contributed by atoms with Crippen LogP contribution in [0.1, 0.15) is 11.1 Å². The quantitative estimate of drug-likeness (QED) is 0.422. The molecule has 0 bridgehead atoms. The zero-order valence-electron chi connectivity index (χ0n) is 10.2. The van der Waals surface area contributed by atoms with Gasteiger partial charge in [-0.25, -0.2) is 24.3 Å². The first-order chi connectivity index (χ1) is 7.79. The third-order valence-corrected chi connectivity index (χ3v) is 1.66. The molecule has 2 rings (SSSR count). The minimum absolute atomic E-state index is 0. The summed E-state index contributed by atoms with van der Waals surface area (Å²) in [6.07, 6.45) is 0. The van der Waals surface area contributed by atoms with E-state index in [0.29, 0.717) is 0 Å². The third-order valence-electron chi connectivity index (χ3n) is 1.66. The molecule has 0 unspecified atom stereocenters. The molecule has 0 aliphatic carbocycles. The van der Waals surface area contributed by atoms with Gasteiger partial charge in [0.05, 0.1) is 0 Å². The fourth-order valence-electron chi connectivity index (χ4n) is 0.940. The molecule has 0 heterocycles. The average Bonchev–Trinajstić information content (AvgIpc) is 2.98. The van der Waals surface area contributed by atoms with Crippen LogP contribution in [0.2, 0.25) is 0 Å². The van der Waals surface area contributed by atoms with Gasteiger partial charge in [0.1, 0.15) is 0 Å². The van der Waals surface area contributed by atoms with Crippen molar-refractivity contribution >= 4 is 13.6 Å². The van der Waals surface area contributed by atoms with Crippen LogP contribution in [0.4, 0.5) is 0 Å². The Kier molecular flexibility index (Phi) is 30.5. The predicted molar refractivity (Wildman–Crippen MR) is 67.0 cm³/mol. The summed E-state index contributed by atoms with van der Waals surface area (Å²) in [5, 5.41) is 0. The second-order valence-electron chi connectivity index (χ2n) is 2.92. The van der Waals surface area contributed by atoms with E-state index in [1.165, 1.54) is 11.1 Å². The predicted octanol–water partition coefficient (Wildman–Crippen LogP) is 2.87. The smallest absolute Gasteiger partial charge is 0 e. The number of hydrogen-bond acceptors (Lipinski definition) is 2. The van der Waals surface area contributed by atoms with Crippen LogP contribution in [0.5, 0.6) is 0 Å². The first-order valence-electron chi connectivity index (χ1n) is 4.63. The molecule has 0 spiro atoms. The Balaban J connectivity index is -0.0000000787. The summed E-state index contributed by atoms with van der Waals surface area (Å²) < 4.78 is 0. The van der Waals surface area contributed by atoms with E-state index in [4.69, 9.17) is 9.59 Å². The van der Waals surface area contributed by atoms with Crippen molar-refractivity contribution in [1.82, 2.24) is 0 Å². The van der Waals surface area contributed by atoms with Crippen molar-refractivity contribution in [2.75, 3.05) is 0 Å². The standard InChI is InChI=1S/2C6H7.2CHO.2Ni/c2*1-6-4-2-3-5-6;2*1-2;;/h2*2-5H,1H3;2*1H;;/q4*-1;;. The Hall–Kier alpha value is -0.973. The van der Waals surface area contributed by atoms with Crippen molar-refractivity contribution in [3.8, 4) is 0 Å². The SMILES string of the molecule is C[c-]1cccc1.C[c-]1cccc1.[CH-]=O.[CH-]=O.[Ni].[Ni]. The molecule has 0 saturated carbocycles. The first-order valence-corrected chi connectivity index (χ1v) is 4.63. The van der Waals surface area contributed by atoms with Crippen molar-refractivity contribution in [2.24, 2.45) is 0 Å². The van der Waals surface area contributed by atoms with E-state index in [1.54, 1.807) is 0 Å². The Morgan fingerprint density at radius 2 is 0.778 bits per heavy atom. The third kappa shape index (κ3) is 17.4. The van der Waals surface area contributed by atoms with Crippen LogP contribution in [0.25, 0.3) is 0 Å². The van der Waals surface area contributed by atoms with Crippen molar-refractivity contribution < 1.29 is 42.6 Å². The van der Waals surface area contributed by atoms with Gasteiger partial charge in [0.2, 0.25) is 0 Å². The van der Waals surface area contributed by atoms with Crippen LogP contribution in [-0.4, -0.2) is 13.6 Å².